The van der Waals surface area contributed by atoms with Crippen molar-refractivity contribution in [1.29, 1.82) is 0 Å². The summed E-state index contributed by atoms with van der Waals surface area (Å²) in [6.45, 7) is 1.62. The van der Waals surface area contributed by atoms with Crippen LogP contribution in [-0.4, -0.2) is 48.0 Å². The van der Waals surface area contributed by atoms with E-state index in [0.717, 1.165) is 4.47 Å². The summed E-state index contributed by atoms with van der Waals surface area (Å²) in [4.78, 5) is 13.4. The number of urea groups is 1. The van der Waals surface area contributed by atoms with Crippen molar-refractivity contribution >= 4 is 27.6 Å². The van der Waals surface area contributed by atoms with E-state index in [9.17, 15) is 15.0 Å². The van der Waals surface area contributed by atoms with Crippen LogP contribution in [0.3, 0.4) is 0 Å². The highest BCUT2D eigenvalue weighted by Crippen LogP contribution is 2.18. The van der Waals surface area contributed by atoms with Gasteiger partial charge in [-0.05, 0) is 18.2 Å². The van der Waals surface area contributed by atoms with Gasteiger partial charge in [0.2, 0.25) is 0 Å². The largest absolute Gasteiger partial charge is 0.396 e. The summed E-state index contributed by atoms with van der Waals surface area (Å²) in [5.74, 6) is 0. The van der Waals surface area contributed by atoms with Crippen LogP contribution >= 0.6 is 15.9 Å². The first-order valence-corrected chi connectivity index (χ1v) is 6.69. The van der Waals surface area contributed by atoms with Gasteiger partial charge in [-0.25, -0.2) is 4.79 Å². The SMILES string of the molecule is CN(CC(C)(CO)CO)C(=O)Nc1cccc(Br)c1. The molecule has 0 radical (unpaired) electrons. The first kappa shape index (κ1) is 15.9. The minimum Gasteiger partial charge on any atom is -0.396 e. The van der Waals surface area contributed by atoms with Gasteiger partial charge in [0.15, 0.2) is 0 Å². The number of halogens is 1. The van der Waals surface area contributed by atoms with E-state index in [0.29, 0.717) is 5.69 Å². The lowest BCUT2D eigenvalue weighted by Crippen LogP contribution is -2.43. The molecule has 1 aromatic carbocycles. The number of carbonyl (C=O) groups excluding carboxylic acids is 1. The molecule has 0 saturated heterocycles. The minimum absolute atomic E-state index is 0.183. The van der Waals surface area contributed by atoms with Crippen molar-refractivity contribution < 1.29 is 15.0 Å². The van der Waals surface area contributed by atoms with Crippen molar-refractivity contribution in [1.82, 2.24) is 4.90 Å². The molecule has 19 heavy (non-hydrogen) atoms. The van der Waals surface area contributed by atoms with Gasteiger partial charge in [0.25, 0.3) is 0 Å². The normalized spacial score (nSPS) is 11.2. The molecule has 3 N–H and O–H groups in total. The molecular weight excluding hydrogens is 312 g/mol. The van der Waals surface area contributed by atoms with Gasteiger partial charge in [-0.3, -0.25) is 0 Å². The quantitative estimate of drug-likeness (QED) is 0.772. The lowest BCUT2D eigenvalue weighted by molar-refractivity contribution is 0.0509. The second kappa shape index (κ2) is 6.88. The van der Waals surface area contributed by atoms with Crippen LogP contribution in [0.15, 0.2) is 28.7 Å². The highest BCUT2D eigenvalue weighted by molar-refractivity contribution is 9.10. The fourth-order valence-corrected chi connectivity index (χ4v) is 1.98. The number of carbonyl (C=O) groups is 1. The van der Waals surface area contributed by atoms with E-state index in [2.05, 4.69) is 21.2 Å². The number of aliphatic hydroxyl groups excluding tert-OH is 2. The third kappa shape index (κ3) is 4.81. The second-order valence-electron chi connectivity index (χ2n) is 4.92. The van der Waals surface area contributed by atoms with Gasteiger partial charge >= 0.3 is 6.03 Å². The average molecular weight is 331 g/mol. The van der Waals surface area contributed by atoms with Crippen LogP contribution in [0, 0.1) is 5.41 Å². The third-order valence-corrected chi connectivity index (χ3v) is 3.30. The number of amides is 2. The van der Waals surface area contributed by atoms with E-state index in [1.807, 2.05) is 12.1 Å². The van der Waals surface area contributed by atoms with Crippen LogP contribution in [0.25, 0.3) is 0 Å². The molecule has 5 nitrogen and oxygen atoms in total. The molecule has 0 aliphatic rings. The van der Waals surface area contributed by atoms with Crippen LogP contribution in [0.5, 0.6) is 0 Å². The zero-order chi connectivity index (χ0) is 14.5. The van der Waals surface area contributed by atoms with Crippen LogP contribution in [0.1, 0.15) is 6.92 Å². The number of hydrogen-bond donors (Lipinski definition) is 3. The number of rotatable bonds is 5. The average Bonchev–Trinajstić information content (AvgIpc) is 2.38. The first-order valence-electron chi connectivity index (χ1n) is 5.89. The fraction of sp³-hybridized carbons (Fsp3) is 0.462. The van der Waals surface area contributed by atoms with E-state index in [-0.39, 0.29) is 25.8 Å². The Morgan fingerprint density at radius 2 is 2.05 bits per heavy atom. The Morgan fingerprint density at radius 1 is 1.42 bits per heavy atom. The van der Waals surface area contributed by atoms with Crippen molar-refractivity contribution in [2.75, 3.05) is 32.1 Å². The Hall–Kier alpha value is -1.11. The molecule has 0 aromatic heterocycles. The number of aliphatic hydroxyl groups is 2. The smallest absolute Gasteiger partial charge is 0.321 e. The summed E-state index contributed by atoms with van der Waals surface area (Å²) in [5.41, 5.74) is -0.0236. The zero-order valence-corrected chi connectivity index (χ0v) is 12.6. The lowest BCUT2D eigenvalue weighted by atomic mass is 9.92. The van der Waals surface area contributed by atoms with E-state index in [1.165, 1.54) is 4.90 Å². The number of nitrogens with one attached hydrogen (secondary N) is 1. The first-order chi connectivity index (χ1) is 8.90. The van der Waals surface area contributed by atoms with E-state index >= 15 is 0 Å². The molecule has 0 heterocycles. The molecule has 2 amide bonds. The van der Waals surface area contributed by atoms with Crippen molar-refractivity contribution in [2.45, 2.75) is 6.92 Å². The highest BCUT2D eigenvalue weighted by atomic mass is 79.9. The molecule has 0 fully saturated rings. The Labute approximate surface area is 121 Å². The molecule has 0 spiro atoms. The van der Waals surface area contributed by atoms with E-state index in [1.54, 1.807) is 26.1 Å². The molecule has 106 valence electrons. The maximum Gasteiger partial charge on any atom is 0.321 e. The summed E-state index contributed by atoms with van der Waals surface area (Å²) < 4.78 is 0.878. The van der Waals surface area contributed by atoms with Crippen LogP contribution < -0.4 is 5.32 Å². The summed E-state index contributed by atoms with van der Waals surface area (Å²) in [7, 11) is 1.62. The van der Waals surface area contributed by atoms with Crippen LogP contribution in [0.4, 0.5) is 10.5 Å². The molecule has 1 aromatic rings. The van der Waals surface area contributed by atoms with Crippen molar-refractivity contribution in [2.24, 2.45) is 5.41 Å². The monoisotopic (exact) mass is 330 g/mol. The van der Waals surface area contributed by atoms with Gasteiger partial charge < -0.3 is 20.4 Å². The standard InChI is InChI=1S/C13H19BrN2O3/c1-13(8-17,9-18)7-16(2)12(19)15-11-5-3-4-10(14)6-11/h3-6,17-18H,7-9H2,1-2H3,(H,15,19). The van der Waals surface area contributed by atoms with Gasteiger partial charge in [0, 0.05) is 29.2 Å². The minimum atomic E-state index is -0.705. The Kier molecular flexibility index (Phi) is 5.78. The van der Waals surface area contributed by atoms with E-state index in [4.69, 9.17) is 0 Å². The fourth-order valence-electron chi connectivity index (χ4n) is 1.58. The molecular formula is C13H19BrN2O3. The predicted molar refractivity (Wildman–Crippen MR) is 78.1 cm³/mol. The van der Waals surface area contributed by atoms with Gasteiger partial charge in [-0.1, -0.05) is 28.9 Å². The number of hydrogen-bond acceptors (Lipinski definition) is 3. The van der Waals surface area contributed by atoms with Crippen molar-refractivity contribution in [3.05, 3.63) is 28.7 Å². The molecule has 0 aliphatic heterocycles. The Bertz CT molecular complexity index is 436. The maximum absolute atomic E-state index is 12.0. The number of benzene rings is 1. The zero-order valence-electron chi connectivity index (χ0n) is 11.1. The van der Waals surface area contributed by atoms with Gasteiger partial charge in [-0.15, -0.1) is 0 Å². The topological polar surface area (TPSA) is 72.8 Å². The molecule has 1 rings (SSSR count). The third-order valence-electron chi connectivity index (χ3n) is 2.80. The van der Waals surface area contributed by atoms with Crippen molar-refractivity contribution in [3.8, 4) is 0 Å². The van der Waals surface area contributed by atoms with E-state index < -0.39 is 5.41 Å². The molecule has 0 saturated carbocycles. The summed E-state index contributed by atoms with van der Waals surface area (Å²) in [6.07, 6.45) is 0. The molecule has 0 bridgehead atoms. The summed E-state index contributed by atoms with van der Waals surface area (Å²) in [6, 6.07) is 6.99. The lowest BCUT2D eigenvalue weighted by Gasteiger charge is -2.30. The van der Waals surface area contributed by atoms with Gasteiger partial charge in [0.1, 0.15) is 0 Å². The predicted octanol–water partition coefficient (Wildman–Crippen LogP) is 1.90. The second-order valence-corrected chi connectivity index (χ2v) is 5.84. The molecule has 0 unspecified atom stereocenters. The Morgan fingerprint density at radius 3 is 2.58 bits per heavy atom. The summed E-state index contributed by atoms with van der Waals surface area (Å²) in [5, 5.41) is 21.2. The summed E-state index contributed by atoms with van der Waals surface area (Å²) >= 11 is 3.33. The molecule has 0 atom stereocenters. The van der Waals surface area contributed by atoms with Crippen LogP contribution in [0.2, 0.25) is 0 Å². The van der Waals surface area contributed by atoms with Gasteiger partial charge in [0.05, 0.1) is 13.2 Å². The van der Waals surface area contributed by atoms with Gasteiger partial charge in [-0.2, -0.15) is 0 Å². The maximum atomic E-state index is 12.0. The highest BCUT2D eigenvalue weighted by Gasteiger charge is 2.26. The van der Waals surface area contributed by atoms with Crippen LogP contribution in [-0.2, 0) is 0 Å². The molecule has 0 aliphatic carbocycles. The molecule has 6 heteroatoms. The van der Waals surface area contributed by atoms with Crippen molar-refractivity contribution in [3.63, 3.8) is 0 Å². The number of anilines is 1. The Balaban J connectivity index is 2.63. The number of nitrogens with zero attached hydrogens (tertiary/aromatic N) is 1.